The van der Waals surface area contributed by atoms with Crippen molar-refractivity contribution in [2.24, 2.45) is 0 Å². The molecule has 3 atom stereocenters. The van der Waals surface area contributed by atoms with Crippen LogP contribution in [0, 0.1) is 0 Å². The van der Waals surface area contributed by atoms with Crippen LogP contribution < -0.4 is 5.32 Å². The van der Waals surface area contributed by atoms with Gasteiger partial charge in [0, 0.05) is 11.3 Å². The number of hydrogen-bond donors (Lipinski definition) is 2. The molecule has 4 nitrogen and oxygen atoms in total. The van der Waals surface area contributed by atoms with Crippen LogP contribution in [0.25, 0.3) is 0 Å². The van der Waals surface area contributed by atoms with Gasteiger partial charge in [-0.15, -0.1) is 0 Å². The van der Waals surface area contributed by atoms with Crippen molar-refractivity contribution in [2.45, 2.75) is 37.6 Å². The third-order valence-corrected chi connectivity index (χ3v) is 3.89. The number of aliphatic hydroxyl groups excluding tert-OH is 1. The summed E-state index contributed by atoms with van der Waals surface area (Å²) in [5.74, 6) is 0.0347. The molecule has 0 bridgehead atoms. The normalized spacial score (nSPS) is 16.9. The van der Waals surface area contributed by atoms with Gasteiger partial charge in [0.1, 0.15) is 0 Å². The Hall–Kier alpha value is -0.260. The quantitative estimate of drug-likeness (QED) is 0.691. The lowest BCUT2D eigenvalue weighted by Gasteiger charge is -2.27. The maximum atomic E-state index is 11.9. The molecular formula is C11H24N2O2S. The van der Waals surface area contributed by atoms with Crippen LogP contribution in [-0.4, -0.2) is 60.2 Å². The van der Waals surface area contributed by atoms with E-state index in [1.165, 1.54) is 0 Å². The number of carbonyl (C=O) groups is 1. The molecule has 0 radical (unpaired) electrons. The topological polar surface area (TPSA) is 52.6 Å². The first-order valence-corrected chi connectivity index (χ1v) is 6.87. The average Bonchev–Trinajstić information content (AvgIpc) is 2.19. The summed E-state index contributed by atoms with van der Waals surface area (Å²) in [6.45, 7) is 4.01. The van der Waals surface area contributed by atoms with Gasteiger partial charge >= 0.3 is 0 Å². The molecule has 3 unspecified atom stereocenters. The summed E-state index contributed by atoms with van der Waals surface area (Å²) in [5, 5.41) is 12.1. The first-order valence-electron chi connectivity index (χ1n) is 5.58. The zero-order valence-corrected chi connectivity index (χ0v) is 11.7. The van der Waals surface area contributed by atoms with E-state index in [9.17, 15) is 4.79 Å². The lowest BCUT2D eigenvalue weighted by atomic mass is 10.1. The van der Waals surface area contributed by atoms with Crippen molar-refractivity contribution in [1.82, 2.24) is 10.2 Å². The third-order valence-electron chi connectivity index (χ3n) is 2.72. The lowest BCUT2D eigenvalue weighted by molar-refractivity contribution is -0.126. The molecule has 0 saturated carbocycles. The number of likely N-dealkylation sites (N-methyl/N-ethyl adjacent to an activating group) is 1. The zero-order chi connectivity index (χ0) is 12.7. The van der Waals surface area contributed by atoms with Crippen molar-refractivity contribution in [1.29, 1.82) is 0 Å². The van der Waals surface area contributed by atoms with Crippen molar-refractivity contribution in [3.63, 3.8) is 0 Å². The molecule has 0 fully saturated rings. The monoisotopic (exact) mass is 248 g/mol. The van der Waals surface area contributed by atoms with Crippen LogP contribution in [0.5, 0.6) is 0 Å². The number of nitrogens with one attached hydrogen (secondary N) is 1. The predicted octanol–water partition coefficient (Wildman–Crippen LogP) is 0.555. The van der Waals surface area contributed by atoms with Crippen LogP contribution in [0.1, 0.15) is 20.3 Å². The Labute approximate surface area is 103 Å². The molecule has 1 amide bonds. The number of aliphatic hydroxyl groups is 1. The molecular weight excluding hydrogens is 224 g/mol. The molecule has 0 rings (SSSR count). The van der Waals surface area contributed by atoms with Gasteiger partial charge in [0.25, 0.3) is 0 Å². The van der Waals surface area contributed by atoms with E-state index in [0.29, 0.717) is 0 Å². The molecule has 96 valence electrons. The average molecular weight is 248 g/mol. The summed E-state index contributed by atoms with van der Waals surface area (Å²) in [5.41, 5.74) is 0. The molecule has 0 saturated heterocycles. The van der Waals surface area contributed by atoms with Gasteiger partial charge in [-0.05, 0) is 33.7 Å². The van der Waals surface area contributed by atoms with E-state index in [4.69, 9.17) is 5.11 Å². The van der Waals surface area contributed by atoms with E-state index in [1.54, 1.807) is 11.8 Å². The van der Waals surface area contributed by atoms with Crippen molar-refractivity contribution >= 4 is 17.7 Å². The molecule has 16 heavy (non-hydrogen) atoms. The first-order chi connectivity index (χ1) is 7.47. The maximum absolute atomic E-state index is 11.9. The highest BCUT2D eigenvalue weighted by Gasteiger charge is 2.23. The summed E-state index contributed by atoms with van der Waals surface area (Å²) in [7, 11) is 3.80. The van der Waals surface area contributed by atoms with E-state index >= 15 is 0 Å². The molecule has 0 aromatic heterocycles. The van der Waals surface area contributed by atoms with Crippen molar-refractivity contribution in [3.05, 3.63) is 0 Å². The summed E-state index contributed by atoms with van der Waals surface area (Å²) >= 11 is 1.57. The Morgan fingerprint density at radius 1 is 1.50 bits per heavy atom. The minimum absolute atomic E-state index is 0.0125. The zero-order valence-electron chi connectivity index (χ0n) is 10.9. The molecule has 0 aliphatic rings. The Morgan fingerprint density at radius 2 is 2.06 bits per heavy atom. The van der Waals surface area contributed by atoms with Gasteiger partial charge in [-0.3, -0.25) is 9.69 Å². The second-order valence-corrected chi connectivity index (χ2v) is 5.22. The van der Waals surface area contributed by atoms with Crippen LogP contribution in [-0.2, 0) is 4.79 Å². The number of nitrogens with zero attached hydrogens (tertiary/aromatic N) is 1. The smallest absolute Gasteiger partial charge is 0.237 e. The van der Waals surface area contributed by atoms with Crippen LogP contribution in [0.2, 0.25) is 0 Å². The highest BCUT2D eigenvalue weighted by atomic mass is 32.2. The fourth-order valence-electron chi connectivity index (χ4n) is 1.64. The van der Waals surface area contributed by atoms with Crippen molar-refractivity contribution in [2.75, 3.05) is 27.0 Å². The molecule has 0 aromatic carbocycles. The summed E-state index contributed by atoms with van der Waals surface area (Å²) < 4.78 is 0. The van der Waals surface area contributed by atoms with E-state index in [0.717, 1.165) is 6.42 Å². The Morgan fingerprint density at radius 3 is 2.38 bits per heavy atom. The van der Waals surface area contributed by atoms with E-state index in [2.05, 4.69) is 5.32 Å². The Bertz CT molecular complexity index is 208. The highest BCUT2D eigenvalue weighted by Crippen LogP contribution is 2.11. The van der Waals surface area contributed by atoms with Crippen molar-refractivity contribution in [3.8, 4) is 0 Å². The van der Waals surface area contributed by atoms with Crippen LogP contribution in [0.3, 0.4) is 0 Å². The summed E-state index contributed by atoms with van der Waals surface area (Å²) in [6, 6.07) is -0.106. The minimum atomic E-state index is -0.0938. The molecule has 0 aromatic rings. The second kappa shape index (κ2) is 7.92. The summed E-state index contributed by atoms with van der Waals surface area (Å²) in [6.07, 6.45) is 2.72. The molecule has 2 N–H and O–H groups in total. The largest absolute Gasteiger partial charge is 0.395 e. The fourth-order valence-corrected chi connectivity index (χ4v) is 2.26. The number of amides is 1. The number of thioether (sulfide) groups is 1. The van der Waals surface area contributed by atoms with Gasteiger partial charge in [0.05, 0.1) is 12.6 Å². The first kappa shape index (κ1) is 15.7. The SMILES string of the molecule is CCC(C(=O)NC(C)C(CO)SC)N(C)C. The lowest BCUT2D eigenvalue weighted by Crippen LogP contribution is -2.49. The maximum Gasteiger partial charge on any atom is 0.237 e. The summed E-state index contributed by atoms with van der Waals surface area (Å²) in [4.78, 5) is 13.8. The number of hydrogen-bond acceptors (Lipinski definition) is 4. The Balaban J connectivity index is 4.31. The van der Waals surface area contributed by atoms with Crippen LogP contribution >= 0.6 is 11.8 Å². The van der Waals surface area contributed by atoms with E-state index < -0.39 is 0 Å². The molecule has 0 spiro atoms. The number of rotatable bonds is 7. The molecule has 0 aliphatic carbocycles. The van der Waals surface area contributed by atoms with Gasteiger partial charge in [-0.1, -0.05) is 6.92 Å². The van der Waals surface area contributed by atoms with Gasteiger partial charge in [0.15, 0.2) is 0 Å². The van der Waals surface area contributed by atoms with Crippen molar-refractivity contribution < 1.29 is 9.90 Å². The van der Waals surface area contributed by atoms with Gasteiger partial charge in [-0.25, -0.2) is 0 Å². The molecule has 0 aliphatic heterocycles. The fraction of sp³-hybridized carbons (Fsp3) is 0.909. The van der Waals surface area contributed by atoms with Gasteiger partial charge in [0.2, 0.25) is 5.91 Å². The number of carbonyl (C=O) groups excluding carboxylic acids is 1. The Kier molecular flexibility index (Phi) is 7.80. The van der Waals surface area contributed by atoms with Crippen LogP contribution in [0.15, 0.2) is 0 Å². The highest BCUT2D eigenvalue weighted by molar-refractivity contribution is 7.99. The standard InChI is InChI=1S/C11H24N2O2S/c1-6-9(13(3)4)11(15)12-8(2)10(7-14)16-5/h8-10,14H,6-7H2,1-5H3,(H,12,15). The van der Waals surface area contributed by atoms with Crippen LogP contribution in [0.4, 0.5) is 0 Å². The van der Waals surface area contributed by atoms with E-state index in [1.807, 2.05) is 39.1 Å². The minimum Gasteiger partial charge on any atom is -0.395 e. The second-order valence-electron chi connectivity index (χ2n) is 4.14. The van der Waals surface area contributed by atoms with Gasteiger partial charge in [-0.2, -0.15) is 11.8 Å². The van der Waals surface area contributed by atoms with E-state index in [-0.39, 0.29) is 29.8 Å². The molecule has 5 heteroatoms. The molecule has 0 heterocycles. The third kappa shape index (κ3) is 4.72. The van der Waals surface area contributed by atoms with Gasteiger partial charge < -0.3 is 10.4 Å². The predicted molar refractivity (Wildman–Crippen MR) is 69.8 cm³/mol.